The van der Waals surface area contributed by atoms with E-state index in [1.165, 1.54) is 0 Å². The predicted molar refractivity (Wildman–Crippen MR) is 113 cm³/mol. The number of aromatic amines is 1. The van der Waals surface area contributed by atoms with Crippen molar-refractivity contribution >= 4 is 23.3 Å². The number of carbonyl (C=O) groups excluding carboxylic acids is 1. The van der Waals surface area contributed by atoms with E-state index in [-0.39, 0.29) is 11.9 Å². The Labute approximate surface area is 174 Å². The standard InChI is InChI=1S/C22H20ClN5O/c23-18-7-5-16(6-8-18)20-13-21(27-26-20)28-11-9-19(10-12-28)25-22(29)17-3-1-15(14-24)2-4-17/h1-8,13,19H,9-12H2,(H,25,29)(H,26,27). The third-order valence-electron chi connectivity index (χ3n) is 5.15. The Morgan fingerprint density at radius 2 is 1.83 bits per heavy atom. The molecule has 2 N–H and O–H groups in total. The fraction of sp³-hybridized carbons (Fsp3) is 0.227. The highest BCUT2D eigenvalue weighted by Gasteiger charge is 2.23. The molecule has 0 unspecified atom stereocenters. The molecule has 0 saturated carbocycles. The van der Waals surface area contributed by atoms with Crippen LogP contribution in [0.5, 0.6) is 0 Å². The quantitative estimate of drug-likeness (QED) is 0.687. The number of nitrogens with zero attached hydrogens (tertiary/aromatic N) is 3. The predicted octanol–water partition coefficient (Wildman–Crippen LogP) is 4.00. The summed E-state index contributed by atoms with van der Waals surface area (Å²) in [6.07, 6.45) is 1.70. The minimum atomic E-state index is -0.0993. The summed E-state index contributed by atoms with van der Waals surface area (Å²) in [5.41, 5.74) is 3.11. The Hall–Kier alpha value is -3.30. The number of amides is 1. The maximum atomic E-state index is 12.4. The highest BCUT2D eigenvalue weighted by atomic mass is 35.5. The molecule has 1 saturated heterocycles. The second kappa shape index (κ2) is 8.38. The minimum absolute atomic E-state index is 0.0993. The molecule has 1 fully saturated rings. The lowest BCUT2D eigenvalue weighted by atomic mass is 10.0. The van der Waals surface area contributed by atoms with Gasteiger partial charge in [0, 0.05) is 35.8 Å². The molecule has 6 nitrogen and oxygen atoms in total. The monoisotopic (exact) mass is 405 g/mol. The van der Waals surface area contributed by atoms with Gasteiger partial charge >= 0.3 is 0 Å². The second-order valence-electron chi connectivity index (χ2n) is 7.07. The van der Waals surface area contributed by atoms with Gasteiger partial charge in [-0.3, -0.25) is 9.89 Å². The van der Waals surface area contributed by atoms with Gasteiger partial charge in [0.25, 0.3) is 5.91 Å². The molecule has 1 aromatic heterocycles. The molecule has 0 aliphatic carbocycles. The van der Waals surface area contributed by atoms with Gasteiger partial charge in [-0.05, 0) is 54.8 Å². The van der Waals surface area contributed by atoms with Crippen LogP contribution in [0.3, 0.4) is 0 Å². The Morgan fingerprint density at radius 1 is 1.14 bits per heavy atom. The van der Waals surface area contributed by atoms with E-state index in [2.05, 4.69) is 26.5 Å². The number of halogens is 1. The van der Waals surface area contributed by atoms with Crippen molar-refractivity contribution in [2.75, 3.05) is 18.0 Å². The molecule has 0 bridgehead atoms. The number of hydrogen-bond acceptors (Lipinski definition) is 4. The van der Waals surface area contributed by atoms with E-state index in [9.17, 15) is 4.79 Å². The first-order valence-corrected chi connectivity index (χ1v) is 9.87. The van der Waals surface area contributed by atoms with Crippen LogP contribution in [0.4, 0.5) is 5.82 Å². The number of nitriles is 1. The topological polar surface area (TPSA) is 84.8 Å². The minimum Gasteiger partial charge on any atom is -0.355 e. The molecule has 2 aromatic carbocycles. The van der Waals surface area contributed by atoms with E-state index >= 15 is 0 Å². The van der Waals surface area contributed by atoms with Crippen LogP contribution >= 0.6 is 11.6 Å². The van der Waals surface area contributed by atoms with Crippen molar-refractivity contribution in [3.8, 4) is 17.3 Å². The zero-order valence-corrected chi connectivity index (χ0v) is 16.5. The molecule has 29 heavy (non-hydrogen) atoms. The van der Waals surface area contributed by atoms with Gasteiger partial charge in [0.1, 0.15) is 0 Å². The van der Waals surface area contributed by atoms with E-state index in [0.29, 0.717) is 16.1 Å². The summed E-state index contributed by atoms with van der Waals surface area (Å²) < 4.78 is 0. The first-order chi connectivity index (χ1) is 14.1. The lowest BCUT2D eigenvalue weighted by molar-refractivity contribution is 0.0931. The average molecular weight is 406 g/mol. The van der Waals surface area contributed by atoms with Crippen LogP contribution in [0, 0.1) is 11.3 Å². The van der Waals surface area contributed by atoms with Gasteiger partial charge in [-0.15, -0.1) is 0 Å². The Kier molecular flexibility index (Phi) is 5.50. The van der Waals surface area contributed by atoms with Gasteiger partial charge in [0.2, 0.25) is 0 Å². The van der Waals surface area contributed by atoms with Gasteiger partial charge in [-0.25, -0.2) is 0 Å². The second-order valence-corrected chi connectivity index (χ2v) is 7.51. The molecule has 2 heterocycles. The number of rotatable bonds is 4. The average Bonchev–Trinajstić information content (AvgIpc) is 3.25. The first-order valence-electron chi connectivity index (χ1n) is 9.50. The third-order valence-corrected chi connectivity index (χ3v) is 5.40. The number of benzene rings is 2. The van der Waals surface area contributed by atoms with Crippen LogP contribution in [-0.4, -0.2) is 35.2 Å². The van der Waals surface area contributed by atoms with E-state index in [4.69, 9.17) is 16.9 Å². The maximum Gasteiger partial charge on any atom is 0.251 e. The van der Waals surface area contributed by atoms with Crippen LogP contribution in [0.25, 0.3) is 11.3 Å². The molecule has 4 rings (SSSR count). The zero-order chi connectivity index (χ0) is 20.2. The molecule has 3 aromatic rings. The van der Waals surface area contributed by atoms with Crippen LogP contribution in [0.1, 0.15) is 28.8 Å². The zero-order valence-electron chi connectivity index (χ0n) is 15.7. The van der Waals surface area contributed by atoms with E-state index in [1.807, 2.05) is 30.3 Å². The van der Waals surface area contributed by atoms with Crippen LogP contribution < -0.4 is 10.2 Å². The van der Waals surface area contributed by atoms with Crippen LogP contribution in [0.15, 0.2) is 54.6 Å². The first kappa shape index (κ1) is 19.0. The lowest BCUT2D eigenvalue weighted by Gasteiger charge is -2.32. The van der Waals surface area contributed by atoms with Crippen molar-refractivity contribution in [3.63, 3.8) is 0 Å². The van der Waals surface area contributed by atoms with Gasteiger partial charge < -0.3 is 10.2 Å². The summed E-state index contributed by atoms with van der Waals surface area (Å²) in [7, 11) is 0. The summed E-state index contributed by atoms with van der Waals surface area (Å²) in [4.78, 5) is 14.6. The van der Waals surface area contributed by atoms with Crippen molar-refractivity contribution in [2.24, 2.45) is 0 Å². The van der Waals surface area contributed by atoms with Crippen LogP contribution in [0.2, 0.25) is 5.02 Å². The SMILES string of the molecule is N#Cc1ccc(C(=O)NC2CCN(c3cc(-c4ccc(Cl)cc4)[nH]n3)CC2)cc1. The maximum absolute atomic E-state index is 12.4. The number of anilines is 1. The Bertz CT molecular complexity index is 1030. The summed E-state index contributed by atoms with van der Waals surface area (Å²) >= 11 is 5.95. The number of piperidine rings is 1. The van der Waals surface area contributed by atoms with Gasteiger partial charge in [0.05, 0.1) is 17.3 Å². The smallest absolute Gasteiger partial charge is 0.251 e. The van der Waals surface area contributed by atoms with Crippen LogP contribution in [-0.2, 0) is 0 Å². The largest absolute Gasteiger partial charge is 0.355 e. The third kappa shape index (κ3) is 4.41. The molecule has 7 heteroatoms. The molecule has 146 valence electrons. The van der Waals surface area contributed by atoms with Gasteiger partial charge in [-0.2, -0.15) is 10.4 Å². The number of carbonyl (C=O) groups is 1. The van der Waals surface area contributed by atoms with Gasteiger partial charge in [-0.1, -0.05) is 23.7 Å². The van der Waals surface area contributed by atoms with Crippen molar-refractivity contribution in [1.82, 2.24) is 15.5 Å². The summed E-state index contributed by atoms with van der Waals surface area (Å²) in [6, 6.07) is 18.6. The molecule has 0 spiro atoms. The number of H-pyrrole nitrogens is 1. The number of aromatic nitrogens is 2. The highest BCUT2D eigenvalue weighted by Crippen LogP contribution is 2.25. The molecular formula is C22H20ClN5O. The molecule has 1 amide bonds. The van der Waals surface area contributed by atoms with Gasteiger partial charge in [0.15, 0.2) is 5.82 Å². The molecule has 1 aliphatic heterocycles. The molecule has 0 radical (unpaired) electrons. The Morgan fingerprint density at radius 3 is 2.48 bits per heavy atom. The molecular weight excluding hydrogens is 386 g/mol. The van der Waals surface area contributed by atoms with E-state index in [0.717, 1.165) is 43.0 Å². The molecule has 0 atom stereocenters. The van der Waals surface area contributed by atoms with Crippen molar-refractivity contribution in [2.45, 2.75) is 18.9 Å². The fourth-order valence-corrected chi connectivity index (χ4v) is 3.59. The highest BCUT2D eigenvalue weighted by molar-refractivity contribution is 6.30. The van der Waals surface area contributed by atoms with E-state index < -0.39 is 0 Å². The summed E-state index contributed by atoms with van der Waals surface area (Å²) in [5, 5.41) is 20.2. The van der Waals surface area contributed by atoms with Crippen molar-refractivity contribution in [1.29, 1.82) is 5.26 Å². The lowest BCUT2D eigenvalue weighted by Crippen LogP contribution is -2.44. The fourth-order valence-electron chi connectivity index (χ4n) is 3.47. The summed E-state index contributed by atoms with van der Waals surface area (Å²) in [6.45, 7) is 1.65. The van der Waals surface area contributed by atoms with Crippen molar-refractivity contribution in [3.05, 3.63) is 70.7 Å². The van der Waals surface area contributed by atoms with E-state index in [1.54, 1.807) is 24.3 Å². The normalized spacial score (nSPS) is 14.4. The molecule has 1 aliphatic rings. The Balaban J connectivity index is 1.33. The number of nitrogens with one attached hydrogen (secondary N) is 2. The van der Waals surface area contributed by atoms with Crippen molar-refractivity contribution < 1.29 is 4.79 Å². The summed E-state index contributed by atoms with van der Waals surface area (Å²) in [5.74, 6) is 0.810. The number of hydrogen-bond donors (Lipinski definition) is 2.